The van der Waals surface area contributed by atoms with E-state index in [1.165, 1.54) is 12.1 Å². The summed E-state index contributed by atoms with van der Waals surface area (Å²) in [6.45, 7) is -0.292. The molecular weight excluding hydrogens is 263 g/mol. The van der Waals surface area contributed by atoms with Gasteiger partial charge < -0.3 is 21.3 Å². The highest BCUT2D eigenvalue weighted by Gasteiger charge is 2.30. The quantitative estimate of drug-likeness (QED) is 0.546. The first-order valence-electron chi connectivity index (χ1n) is 5.32. The summed E-state index contributed by atoms with van der Waals surface area (Å²) in [6, 6.07) is 4.37. The van der Waals surface area contributed by atoms with E-state index >= 15 is 0 Å². The van der Waals surface area contributed by atoms with Crippen molar-refractivity contribution in [2.24, 2.45) is 16.5 Å². The van der Waals surface area contributed by atoms with Crippen LogP contribution in [0.5, 0.6) is 5.75 Å². The Morgan fingerprint density at radius 1 is 1.37 bits per heavy atom. The van der Waals surface area contributed by atoms with Gasteiger partial charge in [-0.1, -0.05) is 6.07 Å². The minimum absolute atomic E-state index is 0.0126. The van der Waals surface area contributed by atoms with Crippen molar-refractivity contribution in [2.75, 3.05) is 13.2 Å². The number of rotatable bonds is 5. The number of aliphatic imine (C=N–C) groups is 1. The first-order valence-corrected chi connectivity index (χ1v) is 5.32. The highest BCUT2D eigenvalue weighted by atomic mass is 19.4. The van der Waals surface area contributed by atoms with Crippen LogP contribution in [-0.2, 0) is 6.18 Å². The first-order chi connectivity index (χ1) is 8.79. The lowest BCUT2D eigenvalue weighted by molar-refractivity contribution is -0.137. The van der Waals surface area contributed by atoms with Crippen LogP contribution in [0.25, 0.3) is 0 Å². The van der Waals surface area contributed by atoms with Gasteiger partial charge in [0.25, 0.3) is 0 Å². The summed E-state index contributed by atoms with van der Waals surface area (Å²) in [6.07, 6.45) is -5.44. The molecule has 1 aromatic carbocycles. The summed E-state index contributed by atoms with van der Waals surface area (Å²) < 4.78 is 42.3. The Balaban J connectivity index is 2.56. The molecule has 5 N–H and O–H groups in total. The molecule has 8 heteroatoms. The summed E-state index contributed by atoms with van der Waals surface area (Å²) in [7, 11) is 0. The molecule has 5 nitrogen and oxygen atoms in total. The molecule has 1 atom stereocenters. The Hall–Kier alpha value is -1.96. The van der Waals surface area contributed by atoms with Crippen molar-refractivity contribution in [1.82, 2.24) is 0 Å². The number of halogens is 3. The van der Waals surface area contributed by atoms with E-state index in [0.717, 1.165) is 12.1 Å². The van der Waals surface area contributed by atoms with Gasteiger partial charge in [0.2, 0.25) is 0 Å². The smallest absolute Gasteiger partial charge is 0.416 e. The van der Waals surface area contributed by atoms with E-state index in [4.69, 9.17) is 16.2 Å². The van der Waals surface area contributed by atoms with Gasteiger partial charge in [-0.2, -0.15) is 13.2 Å². The van der Waals surface area contributed by atoms with Gasteiger partial charge in [-0.15, -0.1) is 0 Å². The predicted molar refractivity (Wildman–Crippen MR) is 63.6 cm³/mol. The number of alkyl halides is 3. The van der Waals surface area contributed by atoms with Gasteiger partial charge in [0, 0.05) is 0 Å². The highest BCUT2D eigenvalue weighted by Crippen LogP contribution is 2.31. The van der Waals surface area contributed by atoms with Crippen LogP contribution in [0.2, 0.25) is 0 Å². The van der Waals surface area contributed by atoms with Crippen molar-refractivity contribution in [2.45, 2.75) is 12.3 Å². The first kappa shape index (κ1) is 15.1. The summed E-state index contributed by atoms with van der Waals surface area (Å²) >= 11 is 0. The summed E-state index contributed by atoms with van der Waals surface area (Å²) in [5.74, 6) is -0.170. The van der Waals surface area contributed by atoms with E-state index in [0.29, 0.717) is 0 Å². The lowest BCUT2D eigenvalue weighted by atomic mass is 10.2. The fraction of sp³-hybridized carbons (Fsp3) is 0.364. The van der Waals surface area contributed by atoms with Crippen LogP contribution in [0.4, 0.5) is 13.2 Å². The van der Waals surface area contributed by atoms with Crippen molar-refractivity contribution in [1.29, 1.82) is 0 Å². The van der Waals surface area contributed by atoms with E-state index in [-0.39, 0.29) is 24.9 Å². The minimum Gasteiger partial charge on any atom is -0.491 e. The number of hydrogen-bond acceptors (Lipinski definition) is 3. The monoisotopic (exact) mass is 277 g/mol. The number of guanidine groups is 1. The number of nitrogens with two attached hydrogens (primary N) is 2. The van der Waals surface area contributed by atoms with Crippen LogP contribution in [0.15, 0.2) is 29.3 Å². The molecule has 1 aromatic rings. The standard InChI is InChI=1S/C11H14F3N3O2/c12-11(13,14)7-2-1-3-9(4-7)19-6-8(18)5-17-10(15)16/h1-4,8,18H,5-6H2,(H4,15,16,17). The number of ether oxygens (including phenoxy) is 1. The Morgan fingerprint density at radius 2 is 2.05 bits per heavy atom. The third-order valence-corrected chi connectivity index (χ3v) is 2.09. The van der Waals surface area contributed by atoms with Gasteiger partial charge in [-0.25, -0.2) is 0 Å². The van der Waals surface area contributed by atoms with E-state index < -0.39 is 17.8 Å². The molecule has 0 radical (unpaired) electrons. The molecule has 0 aliphatic heterocycles. The van der Waals surface area contributed by atoms with Gasteiger partial charge in [-0.05, 0) is 18.2 Å². The van der Waals surface area contributed by atoms with E-state index in [9.17, 15) is 18.3 Å². The zero-order chi connectivity index (χ0) is 14.5. The summed E-state index contributed by atoms with van der Waals surface area (Å²) in [5, 5.41) is 9.42. The molecule has 19 heavy (non-hydrogen) atoms. The summed E-state index contributed by atoms with van der Waals surface area (Å²) in [5.41, 5.74) is 9.32. The van der Waals surface area contributed by atoms with Gasteiger partial charge in [-0.3, -0.25) is 4.99 Å². The lowest BCUT2D eigenvalue weighted by Gasteiger charge is -2.12. The maximum absolute atomic E-state index is 12.4. The average Bonchev–Trinajstić information content (AvgIpc) is 2.33. The third kappa shape index (κ3) is 5.47. The maximum atomic E-state index is 12.4. The number of benzene rings is 1. The van der Waals surface area contributed by atoms with Gasteiger partial charge >= 0.3 is 6.18 Å². The van der Waals surface area contributed by atoms with Crippen molar-refractivity contribution >= 4 is 5.96 Å². The molecule has 0 bridgehead atoms. The molecule has 0 amide bonds. The van der Waals surface area contributed by atoms with Crippen molar-refractivity contribution in [3.05, 3.63) is 29.8 Å². The Kier molecular flexibility index (Phi) is 4.99. The van der Waals surface area contributed by atoms with Crippen LogP contribution in [-0.4, -0.2) is 30.3 Å². The second-order valence-electron chi connectivity index (χ2n) is 3.76. The topological polar surface area (TPSA) is 93.9 Å². The Labute approximate surface area is 107 Å². The van der Waals surface area contributed by atoms with E-state index in [2.05, 4.69) is 4.99 Å². The summed E-state index contributed by atoms with van der Waals surface area (Å²) in [4.78, 5) is 3.56. The number of aliphatic hydroxyl groups excluding tert-OH is 1. The maximum Gasteiger partial charge on any atom is 0.416 e. The highest BCUT2D eigenvalue weighted by molar-refractivity contribution is 5.75. The molecule has 0 fully saturated rings. The molecule has 1 rings (SSSR count). The van der Waals surface area contributed by atoms with Crippen LogP contribution in [0, 0.1) is 0 Å². The largest absolute Gasteiger partial charge is 0.491 e. The zero-order valence-corrected chi connectivity index (χ0v) is 9.89. The number of nitrogens with zero attached hydrogens (tertiary/aromatic N) is 1. The average molecular weight is 277 g/mol. The van der Waals surface area contributed by atoms with Gasteiger partial charge in [0.15, 0.2) is 5.96 Å². The Bertz CT molecular complexity index is 445. The SMILES string of the molecule is NC(N)=NCC(O)COc1cccc(C(F)(F)F)c1. The van der Waals surface area contributed by atoms with Crippen LogP contribution < -0.4 is 16.2 Å². The second-order valence-corrected chi connectivity index (χ2v) is 3.76. The fourth-order valence-electron chi connectivity index (χ4n) is 1.22. The second kappa shape index (κ2) is 6.28. The van der Waals surface area contributed by atoms with Crippen LogP contribution in [0.3, 0.4) is 0 Å². The lowest BCUT2D eigenvalue weighted by Crippen LogP contribution is -2.27. The molecule has 0 spiro atoms. The minimum atomic E-state index is -4.43. The van der Waals surface area contributed by atoms with Crippen molar-refractivity contribution in [3.8, 4) is 5.75 Å². The molecule has 1 unspecified atom stereocenters. The van der Waals surface area contributed by atoms with E-state index in [1.54, 1.807) is 0 Å². The fourth-order valence-corrected chi connectivity index (χ4v) is 1.22. The van der Waals surface area contributed by atoms with Gasteiger partial charge in [0.1, 0.15) is 18.5 Å². The molecule has 0 aliphatic carbocycles. The van der Waals surface area contributed by atoms with Gasteiger partial charge in [0.05, 0.1) is 12.1 Å². The molecule has 0 saturated heterocycles. The van der Waals surface area contributed by atoms with Crippen LogP contribution >= 0.6 is 0 Å². The normalized spacial score (nSPS) is 12.8. The number of aliphatic hydroxyl groups is 1. The third-order valence-electron chi connectivity index (χ3n) is 2.09. The van der Waals surface area contributed by atoms with Crippen molar-refractivity contribution < 1.29 is 23.0 Å². The van der Waals surface area contributed by atoms with Crippen LogP contribution in [0.1, 0.15) is 5.56 Å². The zero-order valence-electron chi connectivity index (χ0n) is 9.89. The molecular formula is C11H14F3N3O2. The number of hydrogen-bond donors (Lipinski definition) is 3. The molecule has 0 aromatic heterocycles. The van der Waals surface area contributed by atoms with Crippen molar-refractivity contribution in [3.63, 3.8) is 0 Å². The Morgan fingerprint density at radius 3 is 2.63 bits per heavy atom. The predicted octanol–water partition coefficient (Wildman–Crippen LogP) is 0.719. The molecule has 0 saturated carbocycles. The molecule has 106 valence electrons. The van der Waals surface area contributed by atoms with E-state index in [1.807, 2.05) is 0 Å². The molecule has 0 aliphatic rings. The molecule has 0 heterocycles.